The lowest BCUT2D eigenvalue weighted by atomic mass is 9.79. The Labute approximate surface area is 240 Å². The largest absolute Gasteiger partial charge is 0.460 e. The van der Waals surface area contributed by atoms with E-state index in [9.17, 15) is 19.1 Å². The Morgan fingerprint density at radius 3 is 2.27 bits per heavy atom. The maximum atomic E-state index is 14.4. The maximum Gasteiger partial charge on any atom is 0.407 e. The van der Waals surface area contributed by atoms with E-state index in [-0.39, 0.29) is 31.9 Å². The maximum absolute atomic E-state index is 14.4. The molecule has 3 rings (SSSR count). The third-order valence-corrected chi connectivity index (χ3v) is 6.70. The van der Waals surface area contributed by atoms with Crippen LogP contribution < -0.4 is 5.32 Å². The van der Waals surface area contributed by atoms with Gasteiger partial charge in [0.05, 0.1) is 5.41 Å². The zero-order chi connectivity index (χ0) is 29.3. The molecule has 0 spiro atoms. The monoisotopic (exact) mass is 569 g/mol. The highest BCUT2D eigenvalue weighted by atomic mass is 35.5. The first-order valence-electron chi connectivity index (χ1n) is 13.2. The van der Waals surface area contributed by atoms with Crippen molar-refractivity contribution in [1.29, 1.82) is 0 Å². The van der Waals surface area contributed by atoms with Gasteiger partial charge in [0.25, 0.3) is 0 Å². The van der Waals surface area contributed by atoms with E-state index in [1.807, 2.05) is 42.5 Å². The van der Waals surface area contributed by atoms with Crippen LogP contribution in [0.4, 0.5) is 9.18 Å². The second-order valence-electron chi connectivity index (χ2n) is 11.2. The molecule has 214 valence electrons. The number of hydrogen-bond donors (Lipinski definition) is 2. The molecule has 1 unspecified atom stereocenters. The lowest BCUT2D eigenvalue weighted by Gasteiger charge is -2.32. The number of carbonyl (C=O) groups excluding carboxylic acids is 2. The van der Waals surface area contributed by atoms with Crippen molar-refractivity contribution in [2.45, 2.75) is 65.2 Å². The molecule has 40 heavy (non-hydrogen) atoms. The lowest BCUT2D eigenvalue weighted by Crippen LogP contribution is -2.45. The number of ether oxygens (including phenoxy) is 2. The molecule has 3 aromatic carbocycles. The standard InChI is InChI=1S/C32H37ClFNO5/c1-31(2,3)40-30(38)35-26(18-22-10-12-24(13-11-22)27-19-25(33)14-15-28(27)34)20-32(4,16-17-36)29(37)39-21-23-8-6-5-7-9-23/h5-15,19,26,36H,16-18,20-21H2,1-4H3,(H,35,38)/t26-,32?/m1/s1. The predicted octanol–water partition coefficient (Wildman–Crippen LogP) is 7.10. The highest BCUT2D eigenvalue weighted by Gasteiger charge is 2.38. The van der Waals surface area contributed by atoms with E-state index in [0.29, 0.717) is 22.6 Å². The van der Waals surface area contributed by atoms with Crippen molar-refractivity contribution in [3.05, 3.63) is 94.8 Å². The van der Waals surface area contributed by atoms with Crippen LogP contribution in [-0.4, -0.2) is 35.4 Å². The number of aliphatic hydroxyl groups excluding tert-OH is 1. The normalized spacial score (nSPS) is 13.7. The fourth-order valence-corrected chi connectivity index (χ4v) is 4.62. The number of aliphatic hydroxyl groups is 1. The Balaban J connectivity index is 1.81. The number of nitrogens with one attached hydrogen (secondary N) is 1. The Hall–Kier alpha value is -3.42. The van der Waals surface area contributed by atoms with Crippen molar-refractivity contribution in [1.82, 2.24) is 5.32 Å². The zero-order valence-electron chi connectivity index (χ0n) is 23.4. The Morgan fingerprint density at radius 2 is 1.65 bits per heavy atom. The average Bonchev–Trinajstić information content (AvgIpc) is 2.88. The van der Waals surface area contributed by atoms with Crippen LogP contribution in [0.3, 0.4) is 0 Å². The minimum atomic E-state index is -1.08. The molecule has 6 nitrogen and oxygen atoms in total. The fraction of sp³-hybridized carbons (Fsp3) is 0.375. The van der Waals surface area contributed by atoms with E-state index in [0.717, 1.165) is 11.1 Å². The first-order valence-corrected chi connectivity index (χ1v) is 13.6. The summed E-state index contributed by atoms with van der Waals surface area (Å²) >= 11 is 6.06. The molecule has 0 radical (unpaired) electrons. The van der Waals surface area contributed by atoms with Gasteiger partial charge in [-0.25, -0.2) is 9.18 Å². The van der Waals surface area contributed by atoms with Crippen molar-refractivity contribution in [3.8, 4) is 11.1 Å². The number of carbonyl (C=O) groups is 2. The summed E-state index contributed by atoms with van der Waals surface area (Å²) in [5.74, 6) is -0.844. The molecule has 0 saturated carbocycles. The van der Waals surface area contributed by atoms with Gasteiger partial charge in [0, 0.05) is 23.2 Å². The molecule has 0 heterocycles. The van der Waals surface area contributed by atoms with Crippen molar-refractivity contribution in [3.63, 3.8) is 0 Å². The summed E-state index contributed by atoms with van der Waals surface area (Å²) in [5, 5.41) is 13.1. The lowest BCUT2D eigenvalue weighted by molar-refractivity contribution is -0.158. The van der Waals surface area contributed by atoms with E-state index < -0.39 is 29.1 Å². The number of esters is 1. The van der Waals surface area contributed by atoms with Crippen LogP contribution in [0.25, 0.3) is 11.1 Å². The number of rotatable bonds is 11. The molecular formula is C32H37ClFNO5. The number of benzene rings is 3. The summed E-state index contributed by atoms with van der Waals surface area (Å²) in [6.07, 6.45) is 0.106. The van der Waals surface area contributed by atoms with Crippen molar-refractivity contribution < 1.29 is 28.6 Å². The van der Waals surface area contributed by atoms with E-state index >= 15 is 0 Å². The van der Waals surface area contributed by atoms with Crippen LogP contribution in [0.15, 0.2) is 72.8 Å². The van der Waals surface area contributed by atoms with E-state index in [1.165, 1.54) is 12.1 Å². The second kappa shape index (κ2) is 13.8. The Bertz CT molecular complexity index is 1280. The number of amides is 1. The molecule has 0 aliphatic rings. The highest BCUT2D eigenvalue weighted by molar-refractivity contribution is 6.30. The molecule has 8 heteroatoms. The summed E-state index contributed by atoms with van der Waals surface area (Å²) in [4.78, 5) is 26.0. The first-order chi connectivity index (χ1) is 18.9. The Kier molecular flexibility index (Phi) is 10.7. The molecule has 0 aliphatic heterocycles. The van der Waals surface area contributed by atoms with Gasteiger partial charge in [-0.15, -0.1) is 0 Å². The third kappa shape index (κ3) is 9.35. The van der Waals surface area contributed by atoms with Crippen molar-refractivity contribution >= 4 is 23.7 Å². The van der Waals surface area contributed by atoms with Gasteiger partial charge in [0.1, 0.15) is 18.0 Å². The summed E-state index contributed by atoms with van der Waals surface area (Å²) < 4.78 is 25.5. The van der Waals surface area contributed by atoms with E-state index in [4.69, 9.17) is 21.1 Å². The number of halogens is 2. The van der Waals surface area contributed by atoms with Gasteiger partial charge in [0.2, 0.25) is 0 Å². The number of hydrogen-bond acceptors (Lipinski definition) is 5. The molecule has 0 saturated heterocycles. The summed E-state index contributed by atoms with van der Waals surface area (Å²) in [5.41, 5.74) is 0.972. The van der Waals surface area contributed by atoms with Gasteiger partial charge in [-0.05, 0) is 81.8 Å². The van der Waals surface area contributed by atoms with Crippen LogP contribution in [0.1, 0.15) is 51.7 Å². The highest BCUT2D eigenvalue weighted by Crippen LogP contribution is 2.32. The summed E-state index contributed by atoms with van der Waals surface area (Å²) in [6, 6.07) is 20.5. The van der Waals surface area contributed by atoms with Gasteiger partial charge in [-0.2, -0.15) is 0 Å². The van der Waals surface area contributed by atoms with E-state index in [2.05, 4.69) is 5.32 Å². The van der Waals surface area contributed by atoms with Gasteiger partial charge < -0.3 is 19.9 Å². The molecule has 0 bridgehead atoms. The van der Waals surface area contributed by atoms with Gasteiger partial charge >= 0.3 is 12.1 Å². The smallest absolute Gasteiger partial charge is 0.407 e. The second-order valence-corrected chi connectivity index (χ2v) is 11.6. The molecule has 0 aliphatic carbocycles. The SMILES string of the molecule is CC(C)(C)OC(=O)N[C@H](Cc1ccc(-c2cc(Cl)ccc2F)cc1)CC(C)(CCO)C(=O)OCc1ccccc1. The third-order valence-electron chi connectivity index (χ3n) is 6.46. The van der Waals surface area contributed by atoms with Gasteiger partial charge in [-0.3, -0.25) is 4.79 Å². The number of alkyl carbamates (subject to hydrolysis) is 1. The minimum absolute atomic E-state index is 0.104. The van der Waals surface area contributed by atoms with Crippen LogP contribution in [0.2, 0.25) is 5.02 Å². The average molecular weight is 570 g/mol. The van der Waals surface area contributed by atoms with Crippen molar-refractivity contribution in [2.75, 3.05) is 6.61 Å². The minimum Gasteiger partial charge on any atom is -0.460 e. The molecular weight excluding hydrogens is 533 g/mol. The molecule has 0 aromatic heterocycles. The molecule has 2 atom stereocenters. The molecule has 1 amide bonds. The van der Waals surface area contributed by atoms with E-state index in [1.54, 1.807) is 45.9 Å². The van der Waals surface area contributed by atoms with Crippen LogP contribution >= 0.6 is 11.6 Å². The first kappa shape index (κ1) is 31.1. The Morgan fingerprint density at radius 1 is 0.975 bits per heavy atom. The quantitative estimate of drug-likeness (QED) is 0.240. The van der Waals surface area contributed by atoms with Crippen LogP contribution in [-0.2, 0) is 27.3 Å². The topological polar surface area (TPSA) is 84.9 Å². The van der Waals surface area contributed by atoms with Crippen molar-refractivity contribution in [2.24, 2.45) is 5.41 Å². The van der Waals surface area contributed by atoms with Crippen LogP contribution in [0, 0.1) is 11.2 Å². The molecule has 0 fully saturated rings. The molecule has 3 aromatic rings. The van der Waals surface area contributed by atoms with Gasteiger partial charge in [-0.1, -0.05) is 66.2 Å². The summed E-state index contributed by atoms with van der Waals surface area (Å²) in [6.45, 7) is 6.91. The fourth-order valence-electron chi connectivity index (χ4n) is 4.45. The molecule has 2 N–H and O–H groups in total. The predicted molar refractivity (Wildman–Crippen MR) is 154 cm³/mol. The zero-order valence-corrected chi connectivity index (χ0v) is 24.1. The van der Waals surface area contributed by atoms with Crippen LogP contribution in [0.5, 0.6) is 0 Å². The summed E-state index contributed by atoms with van der Waals surface area (Å²) in [7, 11) is 0. The van der Waals surface area contributed by atoms with Gasteiger partial charge in [0.15, 0.2) is 0 Å².